The molecule has 0 radical (unpaired) electrons. The number of rotatable bonds is 7. The first-order valence-electron chi connectivity index (χ1n) is 9.40. The molecule has 0 saturated carbocycles. The number of aromatic amines is 1. The van der Waals surface area contributed by atoms with Gasteiger partial charge in [0.25, 0.3) is 0 Å². The third-order valence-corrected chi connectivity index (χ3v) is 5.23. The highest BCUT2D eigenvalue weighted by Gasteiger charge is 2.20. The lowest BCUT2D eigenvalue weighted by Gasteiger charge is -2.05. The van der Waals surface area contributed by atoms with Crippen LogP contribution < -0.4 is 0 Å². The standard InChI is InChI=1S/C22H17BrN4O4/c23-16-8-5-15(6-9-16)7-10-20-25-14-21(27(29)30)26(20)11-12-31-22(28)18-13-24-19-4-2-1-3-17(18)19/h1-10,13-14,24H,11-12H2/b10-7-. The minimum absolute atomic E-state index is 0.0331. The lowest BCUT2D eigenvalue weighted by atomic mass is 10.2. The summed E-state index contributed by atoms with van der Waals surface area (Å²) in [5, 5.41) is 12.1. The first kappa shape index (κ1) is 20.5. The molecule has 0 amide bonds. The molecule has 0 spiro atoms. The highest BCUT2D eigenvalue weighted by Crippen LogP contribution is 2.20. The Hall–Kier alpha value is -3.72. The van der Waals surface area contributed by atoms with Gasteiger partial charge in [-0.2, -0.15) is 0 Å². The van der Waals surface area contributed by atoms with Crippen LogP contribution >= 0.6 is 15.9 Å². The molecule has 156 valence electrons. The van der Waals surface area contributed by atoms with Crippen molar-refractivity contribution in [2.24, 2.45) is 0 Å². The van der Waals surface area contributed by atoms with Gasteiger partial charge in [-0.1, -0.05) is 46.3 Å². The van der Waals surface area contributed by atoms with Gasteiger partial charge in [-0.25, -0.2) is 14.3 Å². The highest BCUT2D eigenvalue weighted by atomic mass is 79.9. The van der Waals surface area contributed by atoms with Crippen LogP contribution in [0.15, 0.2) is 65.4 Å². The maximum absolute atomic E-state index is 12.5. The van der Waals surface area contributed by atoms with Crippen LogP contribution in [0, 0.1) is 10.1 Å². The first-order valence-corrected chi connectivity index (χ1v) is 10.2. The van der Waals surface area contributed by atoms with E-state index in [2.05, 4.69) is 25.9 Å². The summed E-state index contributed by atoms with van der Waals surface area (Å²) in [6, 6.07) is 15.0. The molecule has 2 aromatic heterocycles. The van der Waals surface area contributed by atoms with Crippen LogP contribution in [0.25, 0.3) is 23.1 Å². The quantitative estimate of drug-likeness (QED) is 0.226. The van der Waals surface area contributed by atoms with Crippen molar-refractivity contribution in [3.63, 3.8) is 0 Å². The van der Waals surface area contributed by atoms with E-state index in [-0.39, 0.29) is 19.0 Å². The molecule has 0 fully saturated rings. The fourth-order valence-electron chi connectivity index (χ4n) is 3.18. The van der Waals surface area contributed by atoms with Crippen molar-refractivity contribution in [2.45, 2.75) is 6.54 Å². The fourth-order valence-corrected chi connectivity index (χ4v) is 3.45. The third kappa shape index (κ3) is 4.56. The van der Waals surface area contributed by atoms with E-state index in [4.69, 9.17) is 4.74 Å². The summed E-state index contributed by atoms with van der Waals surface area (Å²) in [6.45, 7) is 0.0685. The van der Waals surface area contributed by atoms with Gasteiger partial charge in [-0.15, -0.1) is 0 Å². The average Bonchev–Trinajstić information content (AvgIpc) is 3.37. The van der Waals surface area contributed by atoms with E-state index >= 15 is 0 Å². The predicted octanol–water partition coefficient (Wildman–Crippen LogP) is 5.06. The maximum Gasteiger partial charge on any atom is 0.343 e. The van der Waals surface area contributed by atoms with Crippen LogP contribution in [0.4, 0.5) is 5.82 Å². The summed E-state index contributed by atoms with van der Waals surface area (Å²) >= 11 is 3.38. The van der Waals surface area contributed by atoms with Gasteiger partial charge >= 0.3 is 11.8 Å². The molecule has 31 heavy (non-hydrogen) atoms. The molecular weight excluding hydrogens is 464 g/mol. The van der Waals surface area contributed by atoms with E-state index in [1.165, 1.54) is 10.8 Å². The molecule has 1 N–H and O–H groups in total. The molecule has 0 unspecified atom stereocenters. The lowest BCUT2D eigenvalue weighted by Crippen LogP contribution is -2.13. The number of nitro groups is 1. The van der Waals surface area contributed by atoms with E-state index in [0.29, 0.717) is 11.4 Å². The van der Waals surface area contributed by atoms with Crippen molar-refractivity contribution < 1.29 is 14.5 Å². The van der Waals surface area contributed by atoms with Crippen molar-refractivity contribution in [1.82, 2.24) is 14.5 Å². The monoisotopic (exact) mass is 480 g/mol. The van der Waals surface area contributed by atoms with E-state index < -0.39 is 10.9 Å². The maximum atomic E-state index is 12.5. The Morgan fingerprint density at radius 2 is 1.97 bits per heavy atom. The molecule has 8 nitrogen and oxygen atoms in total. The minimum Gasteiger partial charge on any atom is -0.458 e. The number of benzene rings is 2. The second kappa shape index (κ2) is 8.97. The Kier molecular flexibility index (Phi) is 5.94. The second-order valence-corrected chi connectivity index (χ2v) is 7.57. The number of aromatic nitrogens is 3. The largest absolute Gasteiger partial charge is 0.458 e. The number of esters is 1. The molecule has 2 heterocycles. The average molecular weight is 481 g/mol. The number of para-hydroxylation sites is 1. The van der Waals surface area contributed by atoms with Crippen molar-refractivity contribution in [2.75, 3.05) is 6.61 Å². The van der Waals surface area contributed by atoms with E-state index in [1.54, 1.807) is 12.3 Å². The van der Waals surface area contributed by atoms with E-state index in [9.17, 15) is 14.9 Å². The highest BCUT2D eigenvalue weighted by molar-refractivity contribution is 9.10. The van der Waals surface area contributed by atoms with Crippen molar-refractivity contribution in [1.29, 1.82) is 0 Å². The third-order valence-electron chi connectivity index (χ3n) is 4.70. The zero-order valence-electron chi connectivity index (χ0n) is 16.2. The molecule has 4 rings (SSSR count). The number of nitrogens with one attached hydrogen (secondary N) is 1. The second-order valence-electron chi connectivity index (χ2n) is 6.65. The van der Waals surface area contributed by atoms with E-state index in [1.807, 2.05) is 54.6 Å². The lowest BCUT2D eigenvalue weighted by molar-refractivity contribution is -0.392. The van der Waals surface area contributed by atoms with Crippen LogP contribution in [0.1, 0.15) is 21.7 Å². The molecule has 0 aliphatic rings. The smallest absolute Gasteiger partial charge is 0.343 e. The fraction of sp³-hybridized carbons (Fsp3) is 0.0909. The van der Waals surface area contributed by atoms with Gasteiger partial charge in [0.2, 0.25) is 5.82 Å². The van der Waals surface area contributed by atoms with Crippen LogP contribution in [0.2, 0.25) is 0 Å². The molecule has 4 aromatic rings. The molecular formula is C22H17BrN4O4. The molecule has 0 saturated heterocycles. The number of fused-ring (bicyclic) bond motifs is 1. The number of hydrogen-bond acceptors (Lipinski definition) is 5. The summed E-state index contributed by atoms with van der Waals surface area (Å²) < 4.78 is 7.75. The predicted molar refractivity (Wildman–Crippen MR) is 121 cm³/mol. The van der Waals surface area contributed by atoms with Crippen molar-refractivity contribution in [3.05, 3.63) is 92.5 Å². The zero-order valence-corrected chi connectivity index (χ0v) is 17.8. The SMILES string of the molecule is O=C(OCCn1c([N+](=O)[O-])cnc1/C=C\c1ccc(Br)cc1)c1c[nH]c2ccccc12. The number of halogens is 1. The van der Waals surface area contributed by atoms with Gasteiger partial charge in [0.1, 0.15) is 19.3 Å². The number of imidazole rings is 1. The minimum atomic E-state index is -0.508. The summed E-state index contributed by atoms with van der Waals surface area (Å²) in [7, 11) is 0. The number of H-pyrrole nitrogens is 1. The molecule has 0 aliphatic carbocycles. The molecule has 2 aromatic carbocycles. The Morgan fingerprint density at radius 1 is 1.19 bits per heavy atom. The molecule has 9 heteroatoms. The van der Waals surface area contributed by atoms with Crippen LogP contribution in [-0.2, 0) is 11.3 Å². The van der Waals surface area contributed by atoms with Gasteiger partial charge in [0, 0.05) is 27.6 Å². The van der Waals surface area contributed by atoms with Gasteiger partial charge in [-0.05, 0) is 34.8 Å². The topological polar surface area (TPSA) is 103 Å². The Morgan fingerprint density at radius 3 is 2.74 bits per heavy atom. The normalized spacial score (nSPS) is 11.3. The van der Waals surface area contributed by atoms with E-state index in [0.717, 1.165) is 20.9 Å². The Balaban J connectivity index is 1.48. The summed E-state index contributed by atoms with van der Waals surface area (Å²) in [4.78, 5) is 30.5. The van der Waals surface area contributed by atoms with Gasteiger partial charge in [-0.3, -0.25) is 0 Å². The summed E-state index contributed by atoms with van der Waals surface area (Å²) in [5.74, 6) is -0.261. The van der Waals surface area contributed by atoms with Crippen LogP contribution in [0.5, 0.6) is 0 Å². The van der Waals surface area contributed by atoms with Crippen molar-refractivity contribution >= 4 is 50.8 Å². The molecule has 0 atom stereocenters. The number of carbonyl (C=O) groups excluding carboxylic acids is 1. The summed E-state index contributed by atoms with van der Waals surface area (Å²) in [6.07, 6.45) is 6.30. The number of nitrogens with zero attached hydrogens (tertiary/aromatic N) is 3. The number of carbonyl (C=O) groups is 1. The van der Waals surface area contributed by atoms with Crippen molar-refractivity contribution in [3.8, 4) is 0 Å². The molecule has 0 bridgehead atoms. The zero-order chi connectivity index (χ0) is 21.8. The Bertz CT molecular complexity index is 1270. The Labute approximate surface area is 185 Å². The van der Waals surface area contributed by atoms with Crippen LogP contribution in [-0.4, -0.2) is 32.0 Å². The van der Waals surface area contributed by atoms with Gasteiger partial charge < -0.3 is 19.8 Å². The summed E-state index contributed by atoms with van der Waals surface area (Å²) in [5.41, 5.74) is 2.18. The van der Waals surface area contributed by atoms with Gasteiger partial charge in [0.15, 0.2) is 0 Å². The number of hydrogen-bond donors (Lipinski definition) is 1. The number of ether oxygens (including phenoxy) is 1. The first-order chi connectivity index (χ1) is 15.0. The van der Waals surface area contributed by atoms with Gasteiger partial charge in [0.05, 0.1) is 5.56 Å². The molecule has 0 aliphatic heterocycles. The van der Waals surface area contributed by atoms with Crippen LogP contribution in [0.3, 0.4) is 0 Å².